The lowest BCUT2D eigenvalue weighted by Crippen LogP contribution is -2.38. The Balaban J connectivity index is 1.68. The van der Waals surface area contributed by atoms with Crippen molar-refractivity contribution in [1.82, 2.24) is 15.3 Å². The predicted molar refractivity (Wildman–Crippen MR) is 103 cm³/mol. The Labute approximate surface area is 164 Å². The maximum Gasteiger partial charge on any atom is 0.492 e. The number of carbonyl (C=O) groups excluding carboxylic acids is 1. The van der Waals surface area contributed by atoms with E-state index in [-0.39, 0.29) is 24.2 Å². The number of rotatable bonds is 7. The lowest BCUT2D eigenvalue weighted by atomic mass is 9.76. The summed E-state index contributed by atoms with van der Waals surface area (Å²) < 4.78 is 11.0. The summed E-state index contributed by atoms with van der Waals surface area (Å²) in [5.74, 6) is 0.715. The molecule has 148 valence electrons. The van der Waals surface area contributed by atoms with Crippen LogP contribution in [0, 0.1) is 12.8 Å². The number of carbonyl (C=O) groups is 1. The second-order valence-corrected chi connectivity index (χ2v) is 7.25. The standard InChI is InChI=1S/C19H24BN3O5/c1-11(2)6-14(9-24)23-19(25)15-7-22-17(8-21-15)28-16-5-4-13-10-27-20(26)18(13)12(16)3/h4-5,7-8,11,14,24,26H,6,9-10H2,1-3H3,(H,23,25). The fraction of sp³-hybridized carbons (Fsp3) is 0.421. The van der Waals surface area contributed by atoms with Gasteiger partial charge in [-0.25, -0.2) is 9.97 Å². The van der Waals surface area contributed by atoms with Gasteiger partial charge in [-0.1, -0.05) is 19.9 Å². The van der Waals surface area contributed by atoms with E-state index in [9.17, 15) is 14.9 Å². The van der Waals surface area contributed by atoms with Crippen LogP contribution in [0.4, 0.5) is 0 Å². The summed E-state index contributed by atoms with van der Waals surface area (Å²) in [4.78, 5) is 20.5. The van der Waals surface area contributed by atoms with Crippen molar-refractivity contribution >= 4 is 18.5 Å². The second-order valence-electron chi connectivity index (χ2n) is 7.25. The molecule has 1 unspecified atom stereocenters. The first-order valence-corrected chi connectivity index (χ1v) is 9.22. The largest absolute Gasteiger partial charge is 0.492 e. The summed E-state index contributed by atoms with van der Waals surface area (Å²) in [5, 5.41) is 22.1. The number of hydrogen-bond donors (Lipinski definition) is 3. The van der Waals surface area contributed by atoms with E-state index >= 15 is 0 Å². The molecule has 3 rings (SSSR count). The zero-order valence-corrected chi connectivity index (χ0v) is 16.2. The highest BCUT2D eigenvalue weighted by molar-refractivity contribution is 6.62. The molecule has 0 saturated heterocycles. The molecule has 1 aromatic heterocycles. The van der Waals surface area contributed by atoms with Gasteiger partial charge in [-0.3, -0.25) is 4.79 Å². The number of hydrogen-bond acceptors (Lipinski definition) is 7. The van der Waals surface area contributed by atoms with Gasteiger partial charge in [-0.15, -0.1) is 0 Å². The molecule has 9 heteroatoms. The van der Waals surface area contributed by atoms with E-state index in [0.717, 1.165) is 11.1 Å². The third-order valence-electron chi connectivity index (χ3n) is 4.59. The smallest absolute Gasteiger partial charge is 0.437 e. The summed E-state index contributed by atoms with van der Waals surface area (Å²) in [6.45, 7) is 6.11. The highest BCUT2D eigenvalue weighted by Crippen LogP contribution is 2.25. The average molecular weight is 385 g/mol. The van der Waals surface area contributed by atoms with Crippen LogP contribution in [0.5, 0.6) is 11.6 Å². The minimum atomic E-state index is -0.957. The van der Waals surface area contributed by atoms with Crippen molar-refractivity contribution in [3.63, 3.8) is 0 Å². The zero-order valence-electron chi connectivity index (χ0n) is 16.2. The minimum absolute atomic E-state index is 0.133. The molecule has 1 aromatic carbocycles. The van der Waals surface area contributed by atoms with E-state index in [4.69, 9.17) is 9.39 Å². The molecule has 0 spiro atoms. The number of aliphatic hydroxyl groups is 1. The van der Waals surface area contributed by atoms with Gasteiger partial charge in [0.2, 0.25) is 5.88 Å². The van der Waals surface area contributed by atoms with Gasteiger partial charge in [-0.05, 0) is 41.9 Å². The highest BCUT2D eigenvalue weighted by Gasteiger charge is 2.30. The van der Waals surface area contributed by atoms with Crippen molar-refractivity contribution in [2.24, 2.45) is 5.92 Å². The van der Waals surface area contributed by atoms with Crippen LogP contribution in [0.2, 0.25) is 0 Å². The van der Waals surface area contributed by atoms with Crippen LogP contribution in [0.1, 0.15) is 41.9 Å². The quantitative estimate of drug-likeness (QED) is 0.608. The Morgan fingerprint density at radius 1 is 1.36 bits per heavy atom. The van der Waals surface area contributed by atoms with E-state index in [1.807, 2.05) is 26.8 Å². The van der Waals surface area contributed by atoms with Crippen LogP contribution >= 0.6 is 0 Å². The highest BCUT2D eigenvalue weighted by atomic mass is 16.5. The Morgan fingerprint density at radius 3 is 2.79 bits per heavy atom. The molecule has 8 nitrogen and oxygen atoms in total. The molecule has 0 radical (unpaired) electrons. The van der Waals surface area contributed by atoms with E-state index in [1.165, 1.54) is 12.4 Å². The third-order valence-corrected chi connectivity index (χ3v) is 4.59. The number of ether oxygens (including phenoxy) is 1. The van der Waals surface area contributed by atoms with Crippen molar-refractivity contribution in [2.75, 3.05) is 6.61 Å². The molecule has 1 atom stereocenters. The van der Waals surface area contributed by atoms with Gasteiger partial charge in [-0.2, -0.15) is 0 Å². The average Bonchev–Trinajstić information content (AvgIpc) is 3.05. The number of nitrogens with zero attached hydrogens (tertiary/aromatic N) is 2. The normalized spacial score (nSPS) is 14.1. The van der Waals surface area contributed by atoms with Gasteiger partial charge >= 0.3 is 7.12 Å². The van der Waals surface area contributed by atoms with Crippen molar-refractivity contribution in [3.8, 4) is 11.6 Å². The van der Waals surface area contributed by atoms with Crippen LogP contribution in [0.3, 0.4) is 0 Å². The van der Waals surface area contributed by atoms with Crippen LogP contribution in [-0.2, 0) is 11.3 Å². The van der Waals surface area contributed by atoms with E-state index < -0.39 is 13.0 Å². The maximum atomic E-state index is 12.3. The molecule has 2 aromatic rings. The first kappa shape index (κ1) is 20.3. The Hall–Kier alpha value is -2.49. The van der Waals surface area contributed by atoms with Gasteiger partial charge in [0.25, 0.3) is 5.91 Å². The van der Waals surface area contributed by atoms with Gasteiger partial charge in [0.1, 0.15) is 11.4 Å². The molecular formula is C19H24BN3O5. The molecule has 1 aliphatic heterocycles. The minimum Gasteiger partial charge on any atom is -0.437 e. The molecule has 1 amide bonds. The first-order valence-electron chi connectivity index (χ1n) is 9.22. The van der Waals surface area contributed by atoms with Crippen LogP contribution in [0.25, 0.3) is 0 Å². The van der Waals surface area contributed by atoms with Crippen LogP contribution in [0.15, 0.2) is 24.5 Å². The predicted octanol–water partition coefficient (Wildman–Crippen LogP) is 0.932. The summed E-state index contributed by atoms with van der Waals surface area (Å²) in [6, 6.07) is 3.30. The van der Waals surface area contributed by atoms with Gasteiger partial charge in [0.15, 0.2) is 0 Å². The summed E-state index contributed by atoms with van der Waals surface area (Å²) in [7, 11) is -0.957. The molecule has 1 aliphatic rings. The van der Waals surface area contributed by atoms with E-state index in [1.54, 1.807) is 6.07 Å². The molecule has 2 heterocycles. The molecule has 0 bridgehead atoms. The van der Waals surface area contributed by atoms with Crippen molar-refractivity contribution < 1.29 is 24.3 Å². The maximum absolute atomic E-state index is 12.3. The first-order chi connectivity index (χ1) is 13.4. The summed E-state index contributed by atoms with van der Waals surface area (Å²) in [6.07, 6.45) is 3.37. The number of aromatic nitrogens is 2. The third kappa shape index (κ3) is 4.49. The SMILES string of the molecule is Cc1c(Oc2cnc(C(=O)NC(CO)CC(C)C)cn2)ccc2c1B(O)OC2. The second kappa shape index (κ2) is 8.68. The van der Waals surface area contributed by atoms with Crippen LogP contribution < -0.4 is 15.5 Å². The van der Waals surface area contributed by atoms with Crippen molar-refractivity contribution in [2.45, 2.75) is 39.8 Å². The summed E-state index contributed by atoms with van der Waals surface area (Å²) >= 11 is 0. The Kier molecular flexibility index (Phi) is 6.28. The Morgan fingerprint density at radius 2 is 2.14 bits per heavy atom. The van der Waals surface area contributed by atoms with Gasteiger partial charge in [0.05, 0.1) is 31.6 Å². The number of benzene rings is 1. The van der Waals surface area contributed by atoms with Crippen LogP contribution in [-0.4, -0.2) is 45.8 Å². The molecular weight excluding hydrogens is 361 g/mol. The molecule has 3 N–H and O–H groups in total. The van der Waals surface area contributed by atoms with Gasteiger partial charge in [0, 0.05) is 0 Å². The van der Waals surface area contributed by atoms with Gasteiger partial charge < -0.3 is 24.8 Å². The van der Waals surface area contributed by atoms with Crippen molar-refractivity contribution in [1.29, 1.82) is 0 Å². The lowest BCUT2D eigenvalue weighted by molar-refractivity contribution is 0.0902. The number of amides is 1. The molecule has 0 fully saturated rings. The zero-order chi connectivity index (χ0) is 20.3. The monoisotopic (exact) mass is 385 g/mol. The van der Waals surface area contributed by atoms with Crippen molar-refractivity contribution in [3.05, 3.63) is 41.3 Å². The Bertz CT molecular complexity index is 844. The fourth-order valence-corrected chi connectivity index (χ4v) is 3.20. The number of nitrogens with one attached hydrogen (secondary N) is 1. The molecule has 0 aliphatic carbocycles. The summed E-state index contributed by atoms with van der Waals surface area (Å²) in [5.41, 5.74) is 2.55. The van der Waals surface area contributed by atoms with E-state index in [2.05, 4.69) is 15.3 Å². The molecule has 28 heavy (non-hydrogen) atoms. The fourth-order valence-electron chi connectivity index (χ4n) is 3.20. The number of aliphatic hydroxyl groups excluding tert-OH is 1. The van der Waals surface area contributed by atoms with E-state index in [0.29, 0.717) is 30.2 Å². The molecule has 0 saturated carbocycles. The topological polar surface area (TPSA) is 114 Å². The number of fused-ring (bicyclic) bond motifs is 1. The lowest BCUT2D eigenvalue weighted by Gasteiger charge is -2.17.